The summed E-state index contributed by atoms with van der Waals surface area (Å²) in [6.45, 7) is 3.10. The van der Waals surface area contributed by atoms with Crippen molar-refractivity contribution in [2.45, 2.75) is 25.8 Å². The minimum Gasteiger partial charge on any atom is -0.363 e. The molecule has 1 saturated heterocycles. The summed E-state index contributed by atoms with van der Waals surface area (Å²) in [5, 5.41) is 3.42. The summed E-state index contributed by atoms with van der Waals surface area (Å²) in [4.78, 5) is 11.1. The molecule has 0 spiro atoms. The molecule has 15 heavy (non-hydrogen) atoms. The van der Waals surface area contributed by atoms with E-state index in [2.05, 4.69) is 15.3 Å². The molecular weight excluding hydrogens is 188 g/mol. The Morgan fingerprint density at radius 1 is 1.40 bits per heavy atom. The van der Waals surface area contributed by atoms with Crippen molar-refractivity contribution in [3.05, 3.63) is 17.6 Å². The van der Waals surface area contributed by atoms with Gasteiger partial charge in [-0.05, 0) is 26.3 Å². The molecule has 82 valence electrons. The molecule has 4 heteroatoms. The Kier molecular flexibility index (Phi) is 2.86. The van der Waals surface area contributed by atoms with Gasteiger partial charge in [0.05, 0.1) is 6.04 Å². The van der Waals surface area contributed by atoms with Gasteiger partial charge in [-0.3, -0.25) is 0 Å². The first-order valence-electron chi connectivity index (χ1n) is 5.43. The maximum absolute atomic E-state index is 4.57. The molecule has 2 rings (SSSR count). The second-order valence-electron chi connectivity index (χ2n) is 4.27. The molecule has 0 aromatic carbocycles. The Bertz CT molecular complexity index is 342. The monoisotopic (exact) mass is 206 g/mol. The zero-order chi connectivity index (χ0) is 10.8. The van der Waals surface area contributed by atoms with E-state index in [9.17, 15) is 0 Å². The number of aromatic nitrogens is 2. The summed E-state index contributed by atoms with van der Waals surface area (Å²) in [6, 6.07) is 2.36. The molecule has 1 aromatic heterocycles. The Balaban J connectivity index is 2.30. The lowest BCUT2D eigenvalue weighted by atomic mass is 10.2. The first kappa shape index (κ1) is 10.4. The first-order valence-corrected chi connectivity index (χ1v) is 5.43. The molecule has 1 aliphatic rings. The van der Waals surface area contributed by atoms with Gasteiger partial charge in [0.15, 0.2) is 0 Å². The first-order chi connectivity index (χ1) is 7.16. The smallest absolute Gasteiger partial charge is 0.147 e. The average Bonchev–Trinajstić information content (AvgIpc) is 2.69. The largest absolute Gasteiger partial charge is 0.363 e. The quantitative estimate of drug-likeness (QED) is 0.791. The molecular formula is C11H18N4. The molecule has 1 N–H and O–H groups in total. The van der Waals surface area contributed by atoms with E-state index < -0.39 is 0 Å². The van der Waals surface area contributed by atoms with E-state index in [-0.39, 0.29) is 0 Å². The number of rotatable bonds is 2. The molecule has 1 aromatic rings. The third-order valence-corrected chi connectivity index (χ3v) is 2.69. The molecule has 2 heterocycles. The van der Waals surface area contributed by atoms with Crippen molar-refractivity contribution in [2.24, 2.45) is 0 Å². The lowest BCUT2D eigenvalue weighted by Crippen LogP contribution is -2.19. The van der Waals surface area contributed by atoms with Crippen LogP contribution in [0.25, 0.3) is 0 Å². The molecule has 0 saturated carbocycles. The highest BCUT2D eigenvalue weighted by molar-refractivity contribution is 5.37. The lowest BCUT2D eigenvalue weighted by Gasteiger charge is -2.15. The van der Waals surface area contributed by atoms with Crippen LogP contribution in [0.3, 0.4) is 0 Å². The minimum absolute atomic E-state index is 0.351. The molecule has 1 fully saturated rings. The molecule has 0 bridgehead atoms. The van der Waals surface area contributed by atoms with Crippen molar-refractivity contribution in [1.82, 2.24) is 15.3 Å². The van der Waals surface area contributed by atoms with Gasteiger partial charge in [0.25, 0.3) is 0 Å². The second kappa shape index (κ2) is 4.14. The van der Waals surface area contributed by atoms with Gasteiger partial charge in [0.2, 0.25) is 0 Å². The lowest BCUT2D eigenvalue weighted by molar-refractivity contribution is 0.602. The summed E-state index contributed by atoms with van der Waals surface area (Å²) >= 11 is 0. The van der Waals surface area contributed by atoms with Crippen molar-refractivity contribution in [3.63, 3.8) is 0 Å². The Morgan fingerprint density at radius 3 is 2.80 bits per heavy atom. The Labute approximate surface area is 90.7 Å². The van der Waals surface area contributed by atoms with E-state index >= 15 is 0 Å². The number of anilines is 1. The van der Waals surface area contributed by atoms with Crippen LogP contribution in [0.15, 0.2) is 6.07 Å². The van der Waals surface area contributed by atoms with Gasteiger partial charge in [-0.25, -0.2) is 9.97 Å². The molecule has 0 unspecified atom stereocenters. The second-order valence-corrected chi connectivity index (χ2v) is 4.27. The van der Waals surface area contributed by atoms with Gasteiger partial charge >= 0.3 is 0 Å². The van der Waals surface area contributed by atoms with Crippen molar-refractivity contribution >= 4 is 5.82 Å². The zero-order valence-corrected chi connectivity index (χ0v) is 9.62. The van der Waals surface area contributed by atoms with Crippen molar-refractivity contribution in [3.8, 4) is 0 Å². The summed E-state index contributed by atoms with van der Waals surface area (Å²) in [5.41, 5.74) is 1.04. The van der Waals surface area contributed by atoms with E-state index in [1.165, 1.54) is 6.42 Å². The highest BCUT2D eigenvalue weighted by atomic mass is 15.2. The van der Waals surface area contributed by atoms with E-state index in [0.717, 1.165) is 30.3 Å². The molecule has 1 atom stereocenters. The standard InChI is InChI=1S/C11H18N4/c1-8-7-10(15(2)3)14-11(13-8)9-5-4-6-12-9/h7,9,12H,4-6H2,1-3H3/t9-/m1/s1. The fourth-order valence-corrected chi connectivity index (χ4v) is 1.86. The van der Waals surface area contributed by atoms with E-state index in [1.54, 1.807) is 0 Å². The zero-order valence-electron chi connectivity index (χ0n) is 9.62. The number of hydrogen-bond acceptors (Lipinski definition) is 4. The van der Waals surface area contributed by atoms with E-state index in [0.29, 0.717) is 6.04 Å². The van der Waals surface area contributed by atoms with Crippen molar-refractivity contribution < 1.29 is 0 Å². The summed E-state index contributed by atoms with van der Waals surface area (Å²) in [7, 11) is 4.02. The van der Waals surface area contributed by atoms with Crippen LogP contribution >= 0.6 is 0 Å². The van der Waals surface area contributed by atoms with Gasteiger partial charge in [0.1, 0.15) is 11.6 Å². The normalized spacial score (nSPS) is 20.6. The van der Waals surface area contributed by atoms with Crippen LogP contribution in [0.5, 0.6) is 0 Å². The number of nitrogens with zero attached hydrogens (tertiary/aromatic N) is 3. The predicted octanol–water partition coefficient (Wildman–Crippen LogP) is 1.28. The highest BCUT2D eigenvalue weighted by Gasteiger charge is 2.19. The summed E-state index contributed by atoms with van der Waals surface area (Å²) in [6.07, 6.45) is 2.37. The van der Waals surface area contributed by atoms with Crippen LogP contribution in [-0.2, 0) is 0 Å². The average molecular weight is 206 g/mol. The van der Waals surface area contributed by atoms with Gasteiger partial charge in [-0.2, -0.15) is 0 Å². The SMILES string of the molecule is Cc1cc(N(C)C)nc([C@H]2CCCN2)n1. The van der Waals surface area contributed by atoms with Crippen molar-refractivity contribution in [1.29, 1.82) is 0 Å². The Hall–Kier alpha value is -1.16. The van der Waals surface area contributed by atoms with Gasteiger partial charge in [0, 0.05) is 25.9 Å². The fraction of sp³-hybridized carbons (Fsp3) is 0.636. The summed E-state index contributed by atoms with van der Waals surface area (Å²) < 4.78 is 0. The van der Waals surface area contributed by atoms with Gasteiger partial charge < -0.3 is 10.2 Å². The van der Waals surface area contributed by atoms with Crippen molar-refractivity contribution in [2.75, 3.05) is 25.5 Å². The molecule has 1 aliphatic heterocycles. The van der Waals surface area contributed by atoms with Crippen LogP contribution in [0.2, 0.25) is 0 Å². The van der Waals surface area contributed by atoms with Crippen LogP contribution in [0.4, 0.5) is 5.82 Å². The number of aryl methyl sites for hydroxylation is 1. The number of nitrogens with one attached hydrogen (secondary N) is 1. The maximum atomic E-state index is 4.57. The van der Waals surface area contributed by atoms with Gasteiger partial charge in [-0.1, -0.05) is 0 Å². The third-order valence-electron chi connectivity index (χ3n) is 2.69. The van der Waals surface area contributed by atoms with Crippen LogP contribution in [0.1, 0.15) is 30.4 Å². The molecule has 4 nitrogen and oxygen atoms in total. The molecule has 0 aliphatic carbocycles. The minimum atomic E-state index is 0.351. The maximum Gasteiger partial charge on any atom is 0.147 e. The van der Waals surface area contributed by atoms with E-state index in [1.807, 2.05) is 32.0 Å². The van der Waals surface area contributed by atoms with E-state index in [4.69, 9.17) is 0 Å². The molecule has 0 radical (unpaired) electrons. The van der Waals surface area contributed by atoms with Crippen LogP contribution < -0.4 is 10.2 Å². The number of hydrogen-bond donors (Lipinski definition) is 1. The third kappa shape index (κ3) is 2.26. The Morgan fingerprint density at radius 2 is 2.20 bits per heavy atom. The van der Waals surface area contributed by atoms with Crippen LogP contribution in [0, 0.1) is 6.92 Å². The van der Waals surface area contributed by atoms with Gasteiger partial charge in [-0.15, -0.1) is 0 Å². The highest BCUT2D eigenvalue weighted by Crippen LogP contribution is 2.21. The van der Waals surface area contributed by atoms with Crippen LogP contribution in [-0.4, -0.2) is 30.6 Å². The summed E-state index contributed by atoms with van der Waals surface area (Å²) in [5.74, 6) is 1.93. The fourth-order valence-electron chi connectivity index (χ4n) is 1.86. The topological polar surface area (TPSA) is 41.1 Å². The molecule has 0 amide bonds. The predicted molar refractivity (Wildman–Crippen MR) is 61.1 cm³/mol.